The maximum Gasteiger partial charge on any atom is 0.226 e. The Bertz CT molecular complexity index is 420. The number of hydrogen-bond donors (Lipinski definition) is 2. The molecule has 0 unspecified atom stereocenters. The molecule has 3 rings (SSSR count). The lowest BCUT2D eigenvalue weighted by Crippen LogP contribution is -2.40. The normalized spacial score (nSPS) is 26.5. The van der Waals surface area contributed by atoms with Gasteiger partial charge in [-0.15, -0.1) is 0 Å². The Balaban J connectivity index is 1.95. The molecular formula is C13H15NO2. The summed E-state index contributed by atoms with van der Waals surface area (Å²) in [6.07, 6.45) is 3.16. The molecule has 16 heavy (non-hydrogen) atoms. The number of aromatic hydroxyl groups is 1. The number of carbonyl (C=O) groups is 1. The van der Waals surface area contributed by atoms with Crippen molar-refractivity contribution in [3.05, 3.63) is 29.8 Å². The van der Waals surface area contributed by atoms with Gasteiger partial charge in [0.25, 0.3) is 0 Å². The van der Waals surface area contributed by atoms with E-state index in [1.807, 2.05) is 12.1 Å². The van der Waals surface area contributed by atoms with Crippen molar-refractivity contribution in [2.45, 2.75) is 25.2 Å². The minimum atomic E-state index is -0.142. The molecule has 1 saturated heterocycles. The van der Waals surface area contributed by atoms with Crippen LogP contribution in [-0.4, -0.2) is 17.6 Å². The SMILES string of the molecule is O=C1NC[C@H](c2ccc(O)cc2)C12CCC2. The van der Waals surface area contributed by atoms with Crippen molar-refractivity contribution in [1.82, 2.24) is 5.32 Å². The molecule has 2 fully saturated rings. The maximum atomic E-state index is 11.9. The summed E-state index contributed by atoms with van der Waals surface area (Å²) in [5.41, 5.74) is 1.02. The minimum Gasteiger partial charge on any atom is -0.508 e. The van der Waals surface area contributed by atoms with Gasteiger partial charge in [-0.25, -0.2) is 0 Å². The average molecular weight is 217 g/mol. The van der Waals surface area contributed by atoms with Crippen molar-refractivity contribution in [2.75, 3.05) is 6.54 Å². The number of nitrogens with one attached hydrogen (secondary N) is 1. The molecule has 1 atom stereocenters. The van der Waals surface area contributed by atoms with E-state index in [-0.39, 0.29) is 23.0 Å². The number of hydrogen-bond acceptors (Lipinski definition) is 2. The lowest BCUT2D eigenvalue weighted by Gasteiger charge is -2.40. The average Bonchev–Trinajstić information content (AvgIpc) is 2.56. The molecule has 1 aromatic rings. The number of carbonyl (C=O) groups excluding carboxylic acids is 1. The Morgan fingerprint density at radius 1 is 1.25 bits per heavy atom. The fourth-order valence-corrected chi connectivity index (χ4v) is 3.00. The van der Waals surface area contributed by atoms with Crippen LogP contribution in [0.3, 0.4) is 0 Å². The fraction of sp³-hybridized carbons (Fsp3) is 0.462. The van der Waals surface area contributed by atoms with E-state index in [1.165, 1.54) is 0 Å². The first kappa shape index (κ1) is 9.70. The molecule has 3 nitrogen and oxygen atoms in total. The molecule has 1 aliphatic carbocycles. The molecule has 1 aliphatic heterocycles. The van der Waals surface area contributed by atoms with Crippen LogP contribution < -0.4 is 5.32 Å². The number of benzene rings is 1. The second-order valence-corrected chi connectivity index (χ2v) is 4.86. The summed E-state index contributed by atoms with van der Waals surface area (Å²) in [5, 5.41) is 12.2. The lowest BCUT2D eigenvalue weighted by molar-refractivity contribution is -0.132. The highest BCUT2D eigenvalue weighted by molar-refractivity contribution is 5.87. The molecule has 1 aromatic carbocycles. The fourth-order valence-electron chi connectivity index (χ4n) is 3.00. The van der Waals surface area contributed by atoms with Crippen molar-refractivity contribution in [3.63, 3.8) is 0 Å². The zero-order valence-electron chi connectivity index (χ0n) is 9.07. The molecule has 1 saturated carbocycles. The van der Waals surface area contributed by atoms with Crippen molar-refractivity contribution in [1.29, 1.82) is 0 Å². The third kappa shape index (κ3) is 1.17. The Labute approximate surface area is 94.5 Å². The van der Waals surface area contributed by atoms with Crippen LogP contribution in [0.5, 0.6) is 5.75 Å². The Kier molecular flexibility index (Phi) is 1.96. The molecule has 1 spiro atoms. The molecule has 1 heterocycles. The molecule has 3 heteroatoms. The lowest BCUT2D eigenvalue weighted by atomic mass is 9.61. The first-order chi connectivity index (χ1) is 7.72. The molecule has 1 amide bonds. The van der Waals surface area contributed by atoms with Gasteiger partial charge in [0.2, 0.25) is 5.91 Å². The monoisotopic (exact) mass is 217 g/mol. The molecule has 0 radical (unpaired) electrons. The van der Waals surface area contributed by atoms with Crippen molar-refractivity contribution in [3.8, 4) is 5.75 Å². The summed E-state index contributed by atoms with van der Waals surface area (Å²) < 4.78 is 0. The quantitative estimate of drug-likeness (QED) is 0.753. The van der Waals surface area contributed by atoms with Crippen LogP contribution in [0.1, 0.15) is 30.7 Å². The molecule has 0 aromatic heterocycles. The van der Waals surface area contributed by atoms with Crippen molar-refractivity contribution >= 4 is 5.91 Å². The molecule has 84 valence electrons. The van der Waals surface area contributed by atoms with E-state index in [2.05, 4.69) is 5.32 Å². The molecule has 2 N–H and O–H groups in total. The number of phenolic OH excluding ortho intramolecular Hbond substituents is 1. The highest BCUT2D eigenvalue weighted by Crippen LogP contribution is 2.54. The van der Waals surface area contributed by atoms with Crippen molar-refractivity contribution in [2.24, 2.45) is 5.41 Å². The van der Waals surface area contributed by atoms with E-state index in [4.69, 9.17) is 0 Å². The Morgan fingerprint density at radius 3 is 2.50 bits per heavy atom. The minimum absolute atomic E-state index is 0.142. The van der Waals surface area contributed by atoms with E-state index >= 15 is 0 Å². The molecule has 0 bridgehead atoms. The van der Waals surface area contributed by atoms with Gasteiger partial charge in [-0.1, -0.05) is 18.6 Å². The summed E-state index contributed by atoms with van der Waals surface area (Å²) in [6.45, 7) is 0.740. The maximum absolute atomic E-state index is 11.9. The first-order valence-electron chi connectivity index (χ1n) is 5.80. The zero-order chi connectivity index (χ0) is 11.2. The summed E-state index contributed by atoms with van der Waals surface area (Å²) in [7, 11) is 0. The third-order valence-electron chi connectivity index (χ3n) is 4.13. The van der Waals surface area contributed by atoms with Gasteiger partial charge in [0, 0.05) is 12.5 Å². The van der Waals surface area contributed by atoms with Gasteiger partial charge in [-0.05, 0) is 30.5 Å². The highest BCUT2D eigenvalue weighted by Gasteiger charge is 2.54. The van der Waals surface area contributed by atoms with Crippen LogP contribution in [0.4, 0.5) is 0 Å². The molecule has 2 aliphatic rings. The number of rotatable bonds is 1. The standard InChI is InChI=1S/C13H15NO2/c15-10-4-2-9(3-5-10)11-8-14-12(16)13(11)6-1-7-13/h2-5,11,15H,1,6-8H2,(H,14,16)/t11-/m1/s1. The van der Waals surface area contributed by atoms with Crippen molar-refractivity contribution < 1.29 is 9.90 Å². The van der Waals surface area contributed by atoms with Gasteiger partial charge < -0.3 is 10.4 Å². The van der Waals surface area contributed by atoms with Gasteiger partial charge in [-0.3, -0.25) is 4.79 Å². The van der Waals surface area contributed by atoms with Crippen LogP contribution in [0.15, 0.2) is 24.3 Å². The highest BCUT2D eigenvalue weighted by atomic mass is 16.3. The van der Waals surface area contributed by atoms with Gasteiger partial charge in [0.15, 0.2) is 0 Å². The van der Waals surface area contributed by atoms with Gasteiger partial charge in [-0.2, -0.15) is 0 Å². The van der Waals surface area contributed by atoms with Gasteiger partial charge >= 0.3 is 0 Å². The predicted molar refractivity (Wildman–Crippen MR) is 60.1 cm³/mol. The van der Waals surface area contributed by atoms with E-state index in [1.54, 1.807) is 12.1 Å². The largest absolute Gasteiger partial charge is 0.508 e. The number of phenols is 1. The number of amides is 1. The zero-order valence-corrected chi connectivity index (χ0v) is 9.07. The van der Waals surface area contributed by atoms with E-state index in [0.29, 0.717) is 0 Å². The Morgan fingerprint density at radius 2 is 1.94 bits per heavy atom. The molecular weight excluding hydrogens is 202 g/mol. The predicted octanol–water partition coefficient (Wildman–Crippen LogP) is 1.78. The second-order valence-electron chi connectivity index (χ2n) is 4.86. The second kappa shape index (κ2) is 3.24. The smallest absolute Gasteiger partial charge is 0.226 e. The van der Waals surface area contributed by atoms with Crippen LogP contribution in [0, 0.1) is 5.41 Å². The van der Waals surface area contributed by atoms with Gasteiger partial charge in [0.05, 0.1) is 5.41 Å². The van der Waals surface area contributed by atoms with E-state index < -0.39 is 0 Å². The Hall–Kier alpha value is -1.51. The topological polar surface area (TPSA) is 49.3 Å². The summed E-state index contributed by atoms with van der Waals surface area (Å²) in [6, 6.07) is 7.26. The first-order valence-corrected chi connectivity index (χ1v) is 5.80. The van der Waals surface area contributed by atoms with Gasteiger partial charge in [0.1, 0.15) is 5.75 Å². The van der Waals surface area contributed by atoms with Crippen LogP contribution in [-0.2, 0) is 4.79 Å². The summed E-state index contributed by atoms with van der Waals surface area (Å²) in [4.78, 5) is 11.9. The van der Waals surface area contributed by atoms with E-state index in [9.17, 15) is 9.90 Å². The van der Waals surface area contributed by atoms with Crippen LogP contribution >= 0.6 is 0 Å². The van der Waals surface area contributed by atoms with Crippen LogP contribution in [0.2, 0.25) is 0 Å². The third-order valence-corrected chi connectivity index (χ3v) is 4.13. The summed E-state index contributed by atoms with van der Waals surface area (Å²) >= 11 is 0. The van der Waals surface area contributed by atoms with E-state index in [0.717, 1.165) is 31.4 Å². The summed E-state index contributed by atoms with van der Waals surface area (Å²) in [5.74, 6) is 0.787. The van der Waals surface area contributed by atoms with Crippen LogP contribution in [0.25, 0.3) is 0 Å².